The molecule has 1 fully saturated rings. The third-order valence-corrected chi connectivity index (χ3v) is 3.39. The molecule has 1 aliphatic heterocycles. The van der Waals surface area contributed by atoms with E-state index in [1.54, 1.807) is 6.07 Å². The van der Waals surface area contributed by atoms with E-state index in [1.165, 1.54) is 12.1 Å². The zero-order valence-corrected chi connectivity index (χ0v) is 11.1. The van der Waals surface area contributed by atoms with Crippen molar-refractivity contribution in [3.8, 4) is 11.8 Å². The van der Waals surface area contributed by atoms with Gasteiger partial charge in [0, 0.05) is 13.1 Å². The van der Waals surface area contributed by atoms with Crippen molar-refractivity contribution < 1.29 is 17.9 Å². The first-order valence-corrected chi connectivity index (χ1v) is 6.36. The molecular formula is C14H15F3N2O. The Hall–Kier alpha value is -1.74. The van der Waals surface area contributed by atoms with E-state index < -0.39 is 17.3 Å². The molecule has 0 atom stereocenters. The summed E-state index contributed by atoms with van der Waals surface area (Å²) in [4.78, 5) is 2.17. The van der Waals surface area contributed by atoms with Gasteiger partial charge in [-0.05, 0) is 38.1 Å². The van der Waals surface area contributed by atoms with Crippen molar-refractivity contribution >= 4 is 0 Å². The minimum atomic E-state index is -4.52. The molecule has 1 aromatic rings. The molecule has 0 amide bonds. The molecule has 0 radical (unpaired) electrons. The van der Waals surface area contributed by atoms with Crippen molar-refractivity contribution in [1.82, 2.24) is 4.90 Å². The molecule has 1 heterocycles. The first-order chi connectivity index (χ1) is 9.40. The molecule has 1 aliphatic rings. The Kier molecular flexibility index (Phi) is 4.19. The minimum Gasteiger partial charge on any atom is -0.490 e. The van der Waals surface area contributed by atoms with Crippen LogP contribution in [0, 0.1) is 11.3 Å². The fourth-order valence-corrected chi connectivity index (χ4v) is 2.23. The van der Waals surface area contributed by atoms with Gasteiger partial charge in [0.05, 0.1) is 17.2 Å². The number of nitrogens with zero attached hydrogens (tertiary/aromatic N) is 2. The van der Waals surface area contributed by atoms with Crippen LogP contribution in [0.5, 0.6) is 5.75 Å². The molecule has 108 valence electrons. The van der Waals surface area contributed by atoms with Crippen molar-refractivity contribution in [2.75, 3.05) is 20.1 Å². The summed E-state index contributed by atoms with van der Waals surface area (Å²) in [5.41, 5.74) is -1.32. The van der Waals surface area contributed by atoms with Crippen molar-refractivity contribution in [2.24, 2.45) is 0 Å². The van der Waals surface area contributed by atoms with E-state index in [0.717, 1.165) is 32.0 Å². The molecule has 1 aromatic carbocycles. The second-order valence-corrected chi connectivity index (χ2v) is 4.94. The highest BCUT2D eigenvalue weighted by atomic mass is 19.4. The first kappa shape index (κ1) is 14.7. The van der Waals surface area contributed by atoms with Crippen LogP contribution in [0.25, 0.3) is 0 Å². The van der Waals surface area contributed by atoms with Crippen LogP contribution in [0.4, 0.5) is 13.2 Å². The summed E-state index contributed by atoms with van der Waals surface area (Å²) in [6.45, 7) is 1.80. The van der Waals surface area contributed by atoms with Gasteiger partial charge in [-0.25, -0.2) is 0 Å². The summed E-state index contributed by atoms with van der Waals surface area (Å²) in [7, 11) is 2.02. The Morgan fingerprint density at radius 2 is 1.95 bits per heavy atom. The van der Waals surface area contributed by atoms with Crippen molar-refractivity contribution in [2.45, 2.75) is 25.1 Å². The van der Waals surface area contributed by atoms with Crippen molar-refractivity contribution in [1.29, 1.82) is 5.26 Å². The summed E-state index contributed by atoms with van der Waals surface area (Å²) in [5.74, 6) is 0.323. The number of ether oxygens (including phenoxy) is 1. The summed E-state index contributed by atoms with van der Waals surface area (Å²) >= 11 is 0. The Bertz CT molecular complexity index is 514. The SMILES string of the molecule is CN1CCC(Oc2ccc(C(F)(F)F)c(C#N)c2)CC1. The fourth-order valence-electron chi connectivity index (χ4n) is 2.23. The number of hydrogen-bond acceptors (Lipinski definition) is 3. The van der Waals surface area contributed by atoms with Gasteiger partial charge in [0.1, 0.15) is 11.9 Å². The van der Waals surface area contributed by atoms with Crippen LogP contribution in [0.15, 0.2) is 18.2 Å². The molecule has 0 aromatic heterocycles. The predicted octanol–water partition coefficient (Wildman–Crippen LogP) is 3.05. The van der Waals surface area contributed by atoms with Gasteiger partial charge in [0.15, 0.2) is 0 Å². The second-order valence-electron chi connectivity index (χ2n) is 4.94. The summed E-state index contributed by atoms with van der Waals surface area (Å²) < 4.78 is 43.7. The molecular weight excluding hydrogens is 269 g/mol. The number of hydrogen-bond donors (Lipinski definition) is 0. The van der Waals surface area contributed by atoms with E-state index >= 15 is 0 Å². The highest BCUT2D eigenvalue weighted by Gasteiger charge is 2.33. The molecule has 0 N–H and O–H groups in total. The Labute approximate surface area is 115 Å². The molecule has 20 heavy (non-hydrogen) atoms. The van der Waals surface area contributed by atoms with Crippen LogP contribution in [0.3, 0.4) is 0 Å². The Balaban J connectivity index is 2.12. The van der Waals surface area contributed by atoms with Gasteiger partial charge < -0.3 is 9.64 Å². The Morgan fingerprint density at radius 1 is 1.30 bits per heavy atom. The van der Waals surface area contributed by atoms with Gasteiger partial charge in [-0.2, -0.15) is 18.4 Å². The quantitative estimate of drug-likeness (QED) is 0.837. The molecule has 6 heteroatoms. The highest BCUT2D eigenvalue weighted by molar-refractivity contribution is 5.44. The fraction of sp³-hybridized carbons (Fsp3) is 0.500. The second kappa shape index (κ2) is 5.71. The topological polar surface area (TPSA) is 36.3 Å². The van der Waals surface area contributed by atoms with Crippen LogP contribution in [0.1, 0.15) is 24.0 Å². The predicted molar refractivity (Wildman–Crippen MR) is 67.3 cm³/mol. The lowest BCUT2D eigenvalue weighted by atomic mass is 10.1. The number of halogens is 3. The monoisotopic (exact) mass is 284 g/mol. The first-order valence-electron chi connectivity index (χ1n) is 6.36. The zero-order chi connectivity index (χ0) is 14.8. The van der Waals surface area contributed by atoms with Crippen molar-refractivity contribution in [3.05, 3.63) is 29.3 Å². The van der Waals surface area contributed by atoms with E-state index in [2.05, 4.69) is 4.90 Å². The Morgan fingerprint density at radius 3 is 2.50 bits per heavy atom. The lowest BCUT2D eigenvalue weighted by molar-refractivity contribution is -0.137. The van der Waals surface area contributed by atoms with Crippen LogP contribution >= 0.6 is 0 Å². The van der Waals surface area contributed by atoms with E-state index in [0.29, 0.717) is 5.75 Å². The van der Waals surface area contributed by atoms with Gasteiger partial charge in [-0.3, -0.25) is 0 Å². The van der Waals surface area contributed by atoms with Gasteiger partial charge in [-0.15, -0.1) is 0 Å². The summed E-state index contributed by atoms with van der Waals surface area (Å²) in [5, 5.41) is 8.83. The third kappa shape index (κ3) is 3.42. The van der Waals surface area contributed by atoms with Crippen molar-refractivity contribution in [3.63, 3.8) is 0 Å². The van der Waals surface area contributed by atoms with Gasteiger partial charge >= 0.3 is 6.18 Å². The lowest BCUT2D eigenvalue weighted by Crippen LogP contribution is -2.35. The smallest absolute Gasteiger partial charge is 0.417 e. The number of benzene rings is 1. The van der Waals surface area contributed by atoms with Crippen LogP contribution in [0.2, 0.25) is 0 Å². The molecule has 2 rings (SSSR count). The van der Waals surface area contributed by atoms with E-state index in [1.807, 2.05) is 7.05 Å². The zero-order valence-electron chi connectivity index (χ0n) is 11.1. The largest absolute Gasteiger partial charge is 0.490 e. The molecule has 0 bridgehead atoms. The molecule has 0 saturated carbocycles. The summed E-state index contributed by atoms with van der Waals surface area (Å²) in [6.07, 6.45) is -2.86. The molecule has 3 nitrogen and oxygen atoms in total. The number of alkyl halides is 3. The third-order valence-electron chi connectivity index (χ3n) is 3.39. The number of piperidine rings is 1. The van der Waals surface area contributed by atoms with E-state index in [-0.39, 0.29) is 6.10 Å². The van der Waals surface area contributed by atoms with Crippen LogP contribution in [-0.4, -0.2) is 31.1 Å². The van der Waals surface area contributed by atoms with Crippen LogP contribution in [-0.2, 0) is 6.18 Å². The van der Waals surface area contributed by atoms with Gasteiger partial charge in [0.25, 0.3) is 0 Å². The van der Waals surface area contributed by atoms with Gasteiger partial charge in [-0.1, -0.05) is 0 Å². The molecule has 0 aliphatic carbocycles. The van der Waals surface area contributed by atoms with Gasteiger partial charge in [0.2, 0.25) is 0 Å². The highest BCUT2D eigenvalue weighted by Crippen LogP contribution is 2.33. The van der Waals surface area contributed by atoms with E-state index in [4.69, 9.17) is 10.00 Å². The maximum Gasteiger partial charge on any atom is 0.417 e. The summed E-state index contributed by atoms with van der Waals surface area (Å²) in [6, 6.07) is 4.93. The number of rotatable bonds is 2. The number of likely N-dealkylation sites (tertiary alicyclic amines) is 1. The molecule has 1 saturated heterocycles. The normalized spacial score (nSPS) is 17.8. The lowest BCUT2D eigenvalue weighted by Gasteiger charge is -2.29. The molecule has 0 unspecified atom stereocenters. The van der Waals surface area contributed by atoms with Crippen LogP contribution < -0.4 is 4.74 Å². The molecule has 0 spiro atoms. The average molecular weight is 284 g/mol. The maximum absolute atomic E-state index is 12.7. The maximum atomic E-state index is 12.7. The minimum absolute atomic E-state index is 0.00511. The average Bonchev–Trinajstić information content (AvgIpc) is 2.40. The van der Waals surface area contributed by atoms with E-state index in [9.17, 15) is 13.2 Å². The standard InChI is InChI=1S/C14H15F3N2O/c1-19-6-4-11(5-7-19)20-12-2-3-13(14(15,16)17)10(8-12)9-18/h2-3,8,11H,4-7H2,1H3. The number of nitriles is 1.